The Morgan fingerprint density at radius 3 is 2.32 bits per heavy atom. The molecule has 9 heteroatoms. The Balaban J connectivity index is 2.20. The number of aliphatic hydroxyl groups is 3. The molecule has 1 aromatic rings. The predicted molar refractivity (Wildman–Crippen MR) is 85.0 cm³/mol. The van der Waals surface area contributed by atoms with Crippen molar-refractivity contribution in [2.24, 2.45) is 0 Å². The summed E-state index contributed by atoms with van der Waals surface area (Å²) in [5, 5.41) is 29.7. The Morgan fingerprint density at radius 1 is 1.18 bits per heavy atom. The molecule has 0 aliphatic carbocycles. The molecule has 0 saturated carbocycles. The number of hydrogen-bond donors (Lipinski definition) is 3. The van der Waals surface area contributed by atoms with E-state index in [2.05, 4.69) is 0 Å². The predicted octanol–water partition coefficient (Wildman–Crippen LogP) is -0.0571. The molecule has 1 aromatic carbocycles. The first-order chi connectivity index (χ1) is 10.3. The maximum absolute atomic E-state index is 12.2. The fourth-order valence-electron chi connectivity index (χ4n) is 2.06. The molecule has 1 aliphatic rings. The molecule has 1 saturated heterocycles. The van der Waals surface area contributed by atoms with Gasteiger partial charge in [0.05, 0.1) is 11.0 Å². The Kier molecular flexibility index (Phi) is 5.80. The molecule has 7 nitrogen and oxygen atoms in total. The van der Waals surface area contributed by atoms with Gasteiger partial charge in [-0.15, -0.1) is 0 Å². The third-order valence-electron chi connectivity index (χ3n) is 3.36. The molecular formula is C13H17IO7S. The zero-order valence-corrected chi connectivity index (χ0v) is 14.6. The standard InChI is InChI=1S/C13H17IO7S/c1-7-2-4-8(5-3-7)22(18,19)21-12-11(16)10(15)9(6-14)20-13(12)17/h2-5,9-13,15-17H,6H2,1H3/t9-,10-,11+,12+,13+/m1/s1. The van der Waals surface area contributed by atoms with Crippen LogP contribution in [-0.4, -0.2) is 58.9 Å². The van der Waals surface area contributed by atoms with Crippen LogP contribution in [0.2, 0.25) is 0 Å². The van der Waals surface area contributed by atoms with Crippen LogP contribution in [0.3, 0.4) is 0 Å². The number of aryl methyl sites for hydroxylation is 1. The Morgan fingerprint density at radius 2 is 1.77 bits per heavy atom. The Hall–Kier alpha value is -0.300. The number of aliphatic hydroxyl groups excluding tert-OH is 3. The van der Waals surface area contributed by atoms with Crippen LogP contribution in [0.4, 0.5) is 0 Å². The van der Waals surface area contributed by atoms with Crippen molar-refractivity contribution in [1.82, 2.24) is 0 Å². The molecule has 2 rings (SSSR count). The first kappa shape index (κ1) is 18.0. The monoisotopic (exact) mass is 444 g/mol. The average Bonchev–Trinajstić information content (AvgIpc) is 2.48. The molecule has 0 unspecified atom stereocenters. The van der Waals surface area contributed by atoms with Crippen molar-refractivity contribution in [3.05, 3.63) is 29.8 Å². The second-order valence-corrected chi connectivity index (χ2v) is 7.48. The van der Waals surface area contributed by atoms with Crippen LogP contribution in [0.5, 0.6) is 0 Å². The summed E-state index contributed by atoms with van der Waals surface area (Å²) in [6, 6.07) is 5.91. The SMILES string of the molecule is Cc1ccc(S(=O)(=O)O[C@H]2[C@@H](O)[C@H](O)[C@@H](CI)O[C@@H]2O)cc1. The molecule has 22 heavy (non-hydrogen) atoms. The van der Waals surface area contributed by atoms with E-state index in [1.807, 2.05) is 22.6 Å². The van der Waals surface area contributed by atoms with Crippen LogP contribution in [0.1, 0.15) is 5.56 Å². The summed E-state index contributed by atoms with van der Waals surface area (Å²) in [6.45, 7) is 1.81. The lowest BCUT2D eigenvalue weighted by Gasteiger charge is -2.39. The lowest BCUT2D eigenvalue weighted by molar-refractivity contribution is -0.268. The highest BCUT2D eigenvalue weighted by atomic mass is 127. The van der Waals surface area contributed by atoms with Crippen LogP contribution in [-0.2, 0) is 19.0 Å². The van der Waals surface area contributed by atoms with Crippen molar-refractivity contribution >= 4 is 32.7 Å². The molecule has 0 spiro atoms. The molecule has 1 aliphatic heterocycles. The van der Waals surface area contributed by atoms with Crippen LogP contribution in [0.15, 0.2) is 29.2 Å². The fraction of sp³-hybridized carbons (Fsp3) is 0.538. The van der Waals surface area contributed by atoms with Gasteiger partial charge in [0.1, 0.15) is 12.2 Å². The smallest absolute Gasteiger partial charge is 0.297 e. The third-order valence-corrected chi connectivity index (χ3v) is 5.56. The van der Waals surface area contributed by atoms with E-state index >= 15 is 0 Å². The second-order valence-electron chi connectivity index (χ2n) is 5.03. The van der Waals surface area contributed by atoms with E-state index in [0.29, 0.717) is 4.43 Å². The number of benzene rings is 1. The molecule has 3 N–H and O–H groups in total. The summed E-state index contributed by atoms with van der Waals surface area (Å²) in [5.41, 5.74) is 0.875. The number of alkyl halides is 1. The minimum absolute atomic E-state index is 0.108. The zero-order valence-electron chi connectivity index (χ0n) is 11.7. The minimum atomic E-state index is -4.20. The zero-order chi connectivity index (χ0) is 16.5. The van der Waals surface area contributed by atoms with E-state index in [-0.39, 0.29) is 4.90 Å². The average molecular weight is 444 g/mol. The number of ether oxygens (including phenoxy) is 1. The summed E-state index contributed by atoms with van der Waals surface area (Å²) in [4.78, 5) is -0.108. The molecule has 5 atom stereocenters. The fourth-order valence-corrected chi connectivity index (χ4v) is 3.87. The van der Waals surface area contributed by atoms with Gasteiger partial charge in [-0.25, -0.2) is 0 Å². The van der Waals surface area contributed by atoms with Crippen molar-refractivity contribution in [2.45, 2.75) is 42.5 Å². The van der Waals surface area contributed by atoms with E-state index in [9.17, 15) is 23.7 Å². The van der Waals surface area contributed by atoms with Crippen molar-refractivity contribution in [3.8, 4) is 0 Å². The molecule has 1 heterocycles. The minimum Gasteiger partial charge on any atom is -0.388 e. The molecule has 1 fully saturated rings. The van der Waals surface area contributed by atoms with E-state index in [1.165, 1.54) is 12.1 Å². The summed E-state index contributed by atoms with van der Waals surface area (Å²) in [6.07, 6.45) is -6.98. The van der Waals surface area contributed by atoms with Gasteiger partial charge >= 0.3 is 0 Å². The van der Waals surface area contributed by atoms with Crippen LogP contribution in [0, 0.1) is 6.92 Å². The number of rotatable bonds is 4. The van der Waals surface area contributed by atoms with Gasteiger partial charge in [-0.1, -0.05) is 40.3 Å². The van der Waals surface area contributed by atoms with Gasteiger partial charge in [0.2, 0.25) is 0 Å². The van der Waals surface area contributed by atoms with Gasteiger partial charge in [-0.3, -0.25) is 4.18 Å². The molecule has 0 amide bonds. The molecule has 0 radical (unpaired) electrons. The molecule has 0 aromatic heterocycles. The maximum Gasteiger partial charge on any atom is 0.297 e. The van der Waals surface area contributed by atoms with Gasteiger partial charge in [0.25, 0.3) is 10.1 Å². The maximum atomic E-state index is 12.2. The topological polar surface area (TPSA) is 113 Å². The lowest BCUT2D eigenvalue weighted by atomic mass is 10.0. The van der Waals surface area contributed by atoms with Gasteiger partial charge in [0.15, 0.2) is 12.4 Å². The molecular weight excluding hydrogens is 427 g/mol. The summed E-state index contributed by atoms with van der Waals surface area (Å²) >= 11 is 1.92. The van der Waals surface area contributed by atoms with E-state index in [1.54, 1.807) is 19.1 Å². The quantitative estimate of drug-likeness (QED) is 0.339. The first-order valence-electron chi connectivity index (χ1n) is 6.52. The first-order valence-corrected chi connectivity index (χ1v) is 9.45. The second kappa shape index (κ2) is 7.07. The van der Waals surface area contributed by atoms with E-state index < -0.39 is 40.8 Å². The Bertz CT molecular complexity index is 603. The van der Waals surface area contributed by atoms with Gasteiger partial charge in [-0.2, -0.15) is 8.42 Å². The van der Waals surface area contributed by atoms with Crippen molar-refractivity contribution in [2.75, 3.05) is 4.43 Å². The van der Waals surface area contributed by atoms with Crippen molar-refractivity contribution < 1.29 is 32.7 Å². The van der Waals surface area contributed by atoms with Crippen molar-refractivity contribution in [1.29, 1.82) is 0 Å². The molecule has 124 valence electrons. The molecule has 0 bridgehead atoms. The van der Waals surface area contributed by atoms with Gasteiger partial charge < -0.3 is 20.1 Å². The lowest BCUT2D eigenvalue weighted by Crippen LogP contribution is -2.59. The normalized spacial score (nSPS) is 32.9. The third kappa shape index (κ3) is 3.78. The Labute approximate surface area is 142 Å². The van der Waals surface area contributed by atoms with Crippen LogP contribution >= 0.6 is 22.6 Å². The summed E-state index contributed by atoms with van der Waals surface area (Å²) in [7, 11) is -4.20. The number of halogens is 1. The largest absolute Gasteiger partial charge is 0.388 e. The van der Waals surface area contributed by atoms with Crippen LogP contribution in [0.25, 0.3) is 0 Å². The van der Waals surface area contributed by atoms with Crippen molar-refractivity contribution in [3.63, 3.8) is 0 Å². The highest BCUT2D eigenvalue weighted by molar-refractivity contribution is 14.1. The van der Waals surface area contributed by atoms with E-state index in [4.69, 9.17) is 8.92 Å². The van der Waals surface area contributed by atoms with Gasteiger partial charge in [0, 0.05) is 4.43 Å². The van der Waals surface area contributed by atoms with E-state index in [0.717, 1.165) is 5.56 Å². The number of hydrogen-bond acceptors (Lipinski definition) is 7. The highest BCUT2D eigenvalue weighted by Crippen LogP contribution is 2.26. The van der Waals surface area contributed by atoms with Gasteiger partial charge in [-0.05, 0) is 19.1 Å². The summed E-state index contributed by atoms with van der Waals surface area (Å²) in [5.74, 6) is 0. The summed E-state index contributed by atoms with van der Waals surface area (Å²) < 4.78 is 34.6. The highest BCUT2D eigenvalue weighted by Gasteiger charge is 2.46. The van der Waals surface area contributed by atoms with Crippen LogP contribution < -0.4 is 0 Å².